The van der Waals surface area contributed by atoms with E-state index in [9.17, 15) is 44.1 Å². The molecule has 206 valence electrons. The minimum absolute atomic E-state index is 0.525. The standard InChI is InChI=1S/C21H12F9O7P/c22-19(23,24)13-7-1-4-10-16(13)32-35-38(31,36-33-17-11-5-2-8-14(17)20(25,26)27)37-34-18-12-6-3-9-15(18)21(28,29)30/h1-12H. The van der Waals surface area contributed by atoms with Gasteiger partial charge in [-0.2, -0.15) is 39.5 Å². The lowest BCUT2D eigenvalue weighted by Crippen LogP contribution is -2.14. The summed E-state index contributed by atoms with van der Waals surface area (Å²) in [5.74, 6) is -3.38. The Kier molecular flexibility index (Phi) is 8.51. The zero-order valence-electron chi connectivity index (χ0n) is 18.1. The molecule has 0 bridgehead atoms. The molecule has 7 nitrogen and oxygen atoms in total. The van der Waals surface area contributed by atoms with Crippen LogP contribution in [0.5, 0.6) is 17.2 Å². The van der Waals surface area contributed by atoms with E-state index < -0.39 is 60.3 Å². The molecular weight excluding hydrogens is 566 g/mol. The highest BCUT2D eigenvalue weighted by Gasteiger charge is 2.41. The van der Waals surface area contributed by atoms with Crippen molar-refractivity contribution in [3.8, 4) is 17.2 Å². The van der Waals surface area contributed by atoms with Gasteiger partial charge in [-0.05, 0) is 36.4 Å². The van der Waals surface area contributed by atoms with E-state index in [-0.39, 0.29) is 0 Å². The van der Waals surface area contributed by atoms with Gasteiger partial charge in [0.2, 0.25) is 0 Å². The minimum atomic E-state index is -5.70. The predicted molar refractivity (Wildman–Crippen MR) is 107 cm³/mol. The number of rotatable bonds is 9. The first-order valence-electron chi connectivity index (χ1n) is 9.78. The summed E-state index contributed by atoms with van der Waals surface area (Å²) >= 11 is 0. The van der Waals surface area contributed by atoms with E-state index in [4.69, 9.17) is 0 Å². The summed E-state index contributed by atoms with van der Waals surface area (Å²) in [6.45, 7) is 0. The number of para-hydroxylation sites is 3. The summed E-state index contributed by atoms with van der Waals surface area (Å²) in [6.07, 6.45) is -15.1. The third-order valence-electron chi connectivity index (χ3n) is 4.23. The zero-order valence-corrected chi connectivity index (χ0v) is 19.0. The predicted octanol–water partition coefficient (Wildman–Crippen LogP) is 8.18. The molecular formula is C21H12F9O7P. The topological polar surface area (TPSA) is 72.5 Å². The van der Waals surface area contributed by atoms with E-state index in [0.717, 1.165) is 36.4 Å². The Hall–Kier alpha value is -3.46. The molecule has 0 fully saturated rings. The molecule has 0 spiro atoms. The normalized spacial score (nSPS) is 12.8. The zero-order chi connectivity index (χ0) is 28.2. The van der Waals surface area contributed by atoms with Gasteiger partial charge < -0.3 is 14.7 Å². The summed E-state index contributed by atoms with van der Waals surface area (Å²) in [7, 11) is -5.70. The van der Waals surface area contributed by atoms with E-state index in [1.165, 1.54) is 0 Å². The van der Waals surface area contributed by atoms with Crippen molar-refractivity contribution in [2.24, 2.45) is 0 Å². The minimum Gasteiger partial charge on any atom is -0.326 e. The highest BCUT2D eigenvalue weighted by atomic mass is 31.2. The van der Waals surface area contributed by atoms with Crippen LogP contribution in [0.1, 0.15) is 16.7 Å². The molecule has 0 aromatic heterocycles. The van der Waals surface area contributed by atoms with Crippen molar-refractivity contribution in [2.75, 3.05) is 0 Å². The lowest BCUT2D eigenvalue weighted by Gasteiger charge is -2.18. The Balaban J connectivity index is 1.89. The maximum Gasteiger partial charge on any atom is 0.583 e. The van der Waals surface area contributed by atoms with Crippen LogP contribution in [0.3, 0.4) is 0 Å². The van der Waals surface area contributed by atoms with Crippen molar-refractivity contribution in [1.82, 2.24) is 0 Å². The number of phosphoric acid groups is 1. The maximum absolute atomic E-state index is 13.2. The molecule has 0 saturated carbocycles. The van der Waals surface area contributed by atoms with Gasteiger partial charge in [0.1, 0.15) is 16.7 Å². The fourth-order valence-electron chi connectivity index (χ4n) is 2.62. The summed E-state index contributed by atoms with van der Waals surface area (Å²) in [5, 5.41) is 0. The van der Waals surface area contributed by atoms with Crippen LogP contribution in [-0.2, 0) is 37.1 Å². The van der Waals surface area contributed by atoms with Gasteiger partial charge >= 0.3 is 26.4 Å². The Bertz CT molecular complexity index is 1140. The molecule has 0 aliphatic rings. The molecule has 0 amide bonds. The van der Waals surface area contributed by atoms with E-state index in [1.807, 2.05) is 0 Å². The van der Waals surface area contributed by atoms with E-state index in [0.29, 0.717) is 36.4 Å². The molecule has 3 rings (SSSR count). The van der Waals surface area contributed by atoms with Gasteiger partial charge in [-0.3, -0.25) is 0 Å². The van der Waals surface area contributed by atoms with Crippen LogP contribution in [0.4, 0.5) is 39.5 Å². The average molecular weight is 578 g/mol. The number of halogens is 9. The molecule has 0 aliphatic heterocycles. The van der Waals surface area contributed by atoms with Gasteiger partial charge in [0.15, 0.2) is 17.2 Å². The number of benzene rings is 3. The monoisotopic (exact) mass is 578 g/mol. The maximum atomic E-state index is 13.2. The van der Waals surface area contributed by atoms with Crippen LogP contribution in [0.25, 0.3) is 0 Å². The van der Waals surface area contributed by atoms with Crippen LogP contribution in [0, 0.1) is 0 Å². The van der Waals surface area contributed by atoms with E-state index in [1.54, 1.807) is 0 Å². The van der Waals surface area contributed by atoms with Crippen LogP contribution >= 0.6 is 7.82 Å². The van der Waals surface area contributed by atoms with Crippen LogP contribution < -0.4 is 14.7 Å². The van der Waals surface area contributed by atoms with Crippen LogP contribution in [0.15, 0.2) is 72.8 Å². The highest BCUT2D eigenvalue weighted by Crippen LogP contribution is 2.52. The lowest BCUT2D eigenvalue weighted by molar-refractivity contribution is -0.242. The second-order valence-electron chi connectivity index (χ2n) is 6.90. The largest absolute Gasteiger partial charge is 0.583 e. The van der Waals surface area contributed by atoms with Crippen molar-refractivity contribution in [1.29, 1.82) is 0 Å². The Morgan fingerprint density at radius 1 is 0.447 bits per heavy atom. The van der Waals surface area contributed by atoms with Crippen molar-refractivity contribution < 1.29 is 72.8 Å². The third-order valence-corrected chi connectivity index (χ3v) is 5.00. The summed E-state index contributed by atoms with van der Waals surface area (Å²) < 4.78 is 144. The Morgan fingerprint density at radius 2 is 0.684 bits per heavy atom. The van der Waals surface area contributed by atoms with Crippen molar-refractivity contribution in [3.63, 3.8) is 0 Å². The van der Waals surface area contributed by atoms with Crippen molar-refractivity contribution in [3.05, 3.63) is 89.5 Å². The van der Waals surface area contributed by atoms with Crippen LogP contribution in [0.2, 0.25) is 0 Å². The first-order valence-corrected chi connectivity index (χ1v) is 11.2. The molecule has 0 atom stereocenters. The molecule has 0 N–H and O–H groups in total. The molecule has 0 heterocycles. The number of hydrogen-bond acceptors (Lipinski definition) is 7. The molecule has 38 heavy (non-hydrogen) atoms. The van der Waals surface area contributed by atoms with Crippen LogP contribution in [-0.4, -0.2) is 0 Å². The van der Waals surface area contributed by atoms with Gasteiger partial charge in [-0.1, -0.05) is 50.4 Å². The highest BCUT2D eigenvalue weighted by molar-refractivity contribution is 7.48. The summed E-state index contributed by atoms with van der Waals surface area (Å²) in [5.41, 5.74) is -4.38. The molecule has 0 unspecified atom stereocenters. The summed E-state index contributed by atoms with van der Waals surface area (Å²) in [6, 6.07) is 9.61. The second-order valence-corrected chi connectivity index (χ2v) is 8.24. The molecule has 0 aliphatic carbocycles. The quantitative estimate of drug-likeness (QED) is 0.110. The van der Waals surface area contributed by atoms with Gasteiger partial charge in [-0.15, -0.1) is 0 Å². The number of alkyl halides is 9. The fraction of sp³-hybridized carbons (Fsp3) is 0.143. The van der Waals surface area contributed by atoms with Gasteiger partial charge in [0.25, 0.3) is 0 Å². The first kappa shape index (κ1) is 29.1. The molecule has 3 aromatic rings. The molecule has 0 radical (unpaired) electrons. The first-order chi connectivity index (χ1) is 17.6. The molecule has 3 aromatic carbocycles. The average Bonchev–Trinajstić information content (AvgIpc) is 2.84. The Labute approximate surface area is 206 Å². The fourth-order valence-corrected chi connectivity index (χ4v) is 3.20. The van der Waals surface area contributed by atoms with Crippen molar-refractivity contribution in [2.45, 2.75) is 18.5 Å². The van der Waals surface area contributed by atoms with E-state index >= 15 is 0 Å². The lowest BCUT2D eigenvalue weighted by atomic mass is 10.2. The van der Waals surface area contributed by atoms with Gasteiger partial charge in [0.05, 0.1) is 0 Å². The van der Waals surface area contributed by atoms with Gasteiger partial charge in [-0.25, -0.2) is 4.57 Å². The number of hydrogen-bond donors (Lipinski definition) is 0. The molecule has 17 heteroatoms. The second kappa shape index (κ2) is 11.1. The smallest absolute Gasteiger partial charge is 0.326 e. The summed E-state index contributed by atoms with van der Waals surface area (Å²) in [4.78, 5) is 13.1. The van der Waals surface area contributed by atoms with E-state index in [2.05, 4.69) is 28.7 Å². The van der Waals surface area contributed by atoms with Gasteiger partial charge in [0, 0.05) is 0 Å². The van der Waals surface area contributed by atoms with Crippen molar-refractivity contribution >= 4 is 7.82 Å². The third kappa shape index (κ3) is 7.54. The Morgan fingerprint density at radius 3 is 0.921 bits per heavy atom. The SMILES string of the molecule is O=P(OOc1ccccc1C(F)(F)F)(OOc1ccccc1C(F)(F)F)OOc1ccccc1C(F)(F)F. The molecule has 0 saturated heterocycles.